The predicted molar refractivity (Wildman–Crippen MR) is 58.9 cm³/mol. The van der Waals surface area contributed by atoms with Gasteiger partial charge in [0.1, 0.15) is 12.3 Å². The monoisotopic (exact) mass is 232 g/mol. The van der Waals surface area contributed by atoms with Gasteiger partial charge in [0.05, 0.1) is 11.5 Å². The number of nitro groups is 1. The Morgan fingerprint density at radius 1 is 1.35 bits per heavy atom. The van der Waals surface area contributed by atoms with Gasteiger partial charge in [-0.2, -0.15) is 0 Å². The van der Waals surface area contributed by atoms with E-state index < -0.39 is 4.92 Å². The van der Waals surface area contributed by atoms with Crippen LogP contribution in [0.3, 0.4) is 0 Å². The number of rotatable bonds is 1. The number of cyclic esters (lactones) is 1. The minimum atomic E-state index is -0.450. The lowest BCUT2D eigenvalue weighted by molar-refractivity contribution is -0.384. The number of fused-ring (bicyclic) bond motifs is 3. The Morgan fingerprint density at radius 3 is 2.94 bits per heavy atom. The summed E-state index contributed by atoms with van der Waals surface area (Å²) >= 11 is 0. The average Bonchev–Trinajstić information content (AvgIpc) is 2.68. The van der Waals surface area contributed by atoms with E-state index in [1.807, 2.05) is 4.57 Å². The first-order chi connectivity index (χ1) is 8.16. The molecule has 0 atom stereocenters. The number of ether oxygens (including phenoxy) is 1. The number of aromatic nitrogens is 1. The second-order valence-corrected chi connectivity index (χ2v) is 3.82. The van der Waals surface area contributed by atoms with E-state index in [0.29, 0.717) is 24.2 Å². The molecule has 17 heavy (non-hydrogen) atoms. The molecule has 2 heterocycles. The largest absolute Gasteiger partial charge is 0.459 e. The molecule has 6 nitrogen and oxygen atoms in total. The quantitative estimate of drug-likeness (QED) is 0.426. The summed E-state index contributed by atoms with van der Waals surface area (Å²) in [5, 5.41) is 11.3. The third-order valence-electron chi connectivity index (χ3n) is 2.85. The van der Waals surface area contributed by atoms with Crippen LogP contribution in [-0.2, 0) is 11.3 Å². The second-order valence-electron chi connectivity index (χ2n) is 3.82. The number of esters is 1. The molecule has 0 spiro atoms. The molecule has 0 amide bonds. The van der Waals surface area contributed by atoms with Crippen molar-refractivity contribution in [3.8, 4) is 0 Å². The van der Waals surface area contributed by atoms with Crippen LogP contribution in [0.5, 0.6) is 0 Å². The zero-order valence-electron chi connectivity index (χ0n) is 8.75. The van der Waals surface area contributed by atoms with Crippen LogP contribution >= 0.6 is 0 Å². The highest BCUT2D eigenvalue weighted by Crippen LogP contribution is 2.26. The Morgan fingerprint density at radius 2 is 2.18 bits per heavy atom. The van der Waals surface area contributed by atoms with Gasteiger partial charge >= 0.3 is 5.97 Å². The highest BCUT2D eigenvalue weighted by atomic mass is 16.6. The zero-order valence-corrected chi connectivity index (χ0v) is 8.75. The summed E-state index contributed by atoms with van der Waals surface area (Å²) in [6.45, 7) is 0.926. The highest BCUT2D eigenvalue weighted by molar-refractivity contribution is 5.96. The van der Waals surface area contributed by atoms with E-state index in [1.165, 1.54) is 12.1 Å². The maximum absolute atomic E-state index is 11.5. The Hall–Kier alpha value is -2.37. The molecule has 0 aliphatic carbocycles. The molecule has 0 saturated heterocycles. The van der Waals surface area contributed by atoms with Crippen molar-refractivity contribution >= 4 is 22.6 Å². The van der Waals surface area contributed by atoms with E-state index >= 15 is 0 Å². The molecule has 1 aromatic carbocycles. The van der Waals surface area contributed by atoms with Gasteiger partial charge in [-0.3, -0.25) is 10.1 Å². The number of nitrogens with zero attached hydrogens (tertiary/aromatic N) is 2. The van der Waals surface area contributed by atoms with Crippen molar-refractivity contribution in [1.82, 2.24) is 4.57 Å². The summed E-state index contributed by atoms with van der Waals surface area (Å²) in [4.78, 5) is 21.7. The molecule has 1 aliphatic rings. The Labute approximate surface area is 95.5 Å². The molecule has 0 unspecified atom stereocenters. The Kier molecular flexibility index (Phi) is 1.91. The maximum Gasteiger partial charge on any atom is 0.355 e. The van der Waals surface area contributed by atoms with Crippen LogP contribution < -0.4 is 0 Å². The van der Waals surface area contributed by atoms with Gasteiger partial charge in [0, 0.05) is 23.0 Å². The van der Waals surface area contributed by atoms with Crippen LogP contribution in [-0.4, -0.2) is 22.1 Å². The van der Waals surface area contributed by atoms with Gasteiger partial charge in [-0.15, -0.1) is 0 Å². The van der Waals surface area contributed by atoms with Gasteiger partial charge in [-0.25, -0.2) is 4.79 Å². The minimum Gasteiger partial charge on any atom is -0.459 e. The van der Waals surface area contributed by atoms with E-state index in [0.717, 1.165) is 5.52 Å². The van der Waals surface area contributed by atoms with E-state index in [-0.39, 0.29) is 11.7 Å². The normalized spacial score (nSPS) is 14.5. The topological polar surface area (TPSA) is 74.4 Å². The first kappa shape index (κ1) is 9.83. The summed E-state index contributed by atoms with van der Waals surface area (Å²) in [6, 6.07) is 6.20. The summed E-state index contributed by atoms with van der Waals surface area (Å²) in [6.07, 6.45) is 0. The summed E-state index contributed by atoms with van der Waals surface area (Å²) in [7, 11) is 0. The first-order valence-electron chi connectivity index (χ1n) is 5.11. The van der Waals surface area contributed by atoms with Crippen molar-refractivity contribution in [2.24, 2.45) is 0 Å². The number of hydrogen-bond donors (Lipinski definition) is 0. The molecular formula is C11H8N2O4. The molecule has 1 aliphatic heterocycles. The molecule has 1 aromatic heterocycles. The Bertz CT molecular complexity index is 644. The number of carbonyl (C=O) groups excluding carboxylic acids is 1. The third-order valence-corrected chi connectivity index (χ3v) is 2.85. The standard InChI is InChI=1S/C11H8N2O4/c14-11-10-6-7-5-8(13(15)16)1-2-9(7)12(10)3-4-17-11/h1-2,5-6H,3-4H2. The van der Waals surface area contributed by atoms with Crippen LogP contribution in [0.1, 0.15) is 10.5 Å². The van der Waals surface area contributed by atoms with Gasteiger partial charge in [-0.05, 0) is 12.1 Å². The van der Waals surface area contributed by atoms with Gasteiger partial charge in [0.2, 0.25) is 0 Å². The SMILES string of the molecule is O=C1OCCn2c1cc1cc([N+](=O)[O-])ccc12. The smallest absolute Gasteiger partial charge is 0.355 e. The van der Waals surface area contributed by atoms with Crippen LogP contribution in [0.2, 0.25) is 0 Å². The molecule has 6 heteroatoms. The molecule has 86 valence electrons. The zero-order chi connectivity index (χ0) is 12.0. The second kappa shape index (κ2) is 3.31. The first-order valence-corrected chi connectivity index (χ1v) is 5.11. The molecule has 0 radical (unpaired) electrons. The third kappa shape index (κ3) is 1.37. The van der Waals surface area contributed by atoms with Gasteiger partial charge in [-0.1, -0.05) is 0 Å². The number of carbonyl (C=O) groups is 1. The van der Waals surface area contributed by atoms with Crippen LogP contribution in [0.4, 0.5) is 5.69 Å². The van der Waals surface area contributed by atoms with Gasteiger partial charge in [0.25, 0.3) is 5.69 Å². The lowest BCUT2D eigenvalue weighted by Crippen LogP contribution is -2.22. The molecule has 0 saturated carbocycles. The van der Waals surface area contributed by atoms with Crippen molar-refractivity contribution < 1.29 is 14.5 Å². The van der Waals surface area contributed by atoms with Crippen LogP contribution in [0, 0.1) is 10.1 Å². The molecular weight excluding hydrogens is 224 g/mol. The van der Waals surface area contributed by atoms with Crippen molar-refractivity contribution in [3.05, 3.63) is 40.1 Å². The lowest BCUT2D eigenvalue weighted by Gasteiger charge is -2.15. The summed E-state index contributed by atoms with van der Waals surface area (Å²) in [5.74, 6) is -0.380. The maximum atomic E-state index is 11.5. The van der Waals surface area contributed by atoms with Crippen LogP contribution in [0.25, 0.3) is 10.9 Å². The highest BCUT2D eigenvalue weighted by Gasteiger charge is 2.22. The fourth-order valence-electron chi connectivity index (χ4n) is 2.09. The van der Waals surface area contributed by atoms with Crippen molar-refractivity contribution in [2.45, 2.75) is 6.54 Å². The summed E-state index contributed by atoms with van der Waals surface area (Å²) in [5.41, 5.74) is 1.29. The van der Waals surface area contributed by atoms with E-state index in [4.69, 9.17) is 4.74 Å². The number of benzene rings is 1. The fraction of sp³-hybridized carbons (Fsp3) is 0.182. The molecule has 0 fully saturated rings. The predicted octanol–water partition coefficient (Wildman–Crippen LogP) is 1.72. The number of non-ortho nitro benzene ring substituents is 1. The van der Waals surface area contributed by atoms with Crippen molar-refractivity contribution in [3.63, 3.8) is 0 Å². The molecule has 0 N–H and O–H groups in total. The van der Waals surface area contributed by atoms with Crippen LogP contribution in [0.15, 0.2) is 24.3 Å². The lowest BCUT2D eigenvalue weighted by atomic mass is 10.2. The minimum absolute atomic E-state index is 0.0221. The van der Waals surface area contributed by atoms with E-state index in [1.54, 1.807) is 12.1 Å². The van der Waals surface area contributed by atoms with Crippen molar-refractivity contribution in [1.29, 1.82) is 0 Å². The molecule has 3 rings (SSSR count). The molecule has 2 aromatic rings. The van der Waals surface area contributed by atoms with Gasteiger partial charge < -0.3 is 9.30 Å². The van der Waals surface area contributed by atoms with Gasteiger partial charge in [0.15, 0.2) is 0 Å². The molecule has 0 bridgehead atoms. The van der Waals surface area contributed by atoms with E-state index in [9.17, 15) is 14.9 Å². The number of hydrogen-bond acceptors (Lipinski definition) is 4. The van der Waals surface area contributed by atoms with E-state index in [2.05, 4.69) is 0 Å². The Balaban J connectivity index is 2.26. The summed E-state index contributed by atoms with van der Waals surface area (Å²) < 4.78 is 6.74. The average molecular weight is 232 g/mol. The number of nitro benzene ring substituents is 1. The van der Waals surface area contributed by atoms with Crippen molar-refractivity contribution in [2.75, 3.05) is 6.61 Å². The fourth-order valence-corrected chi connectivity index (χ4v) is 2.09.